The summed E-state index contributed by atoms with van der Waals surface area (Å²) in [7, 11) is 0. The molecule has 1 aromatic rings. The maximum absolute atomic E-state index is 5.72. The van der Waals surface area contributed by atoms with E-state index in [0.717, 1.165) is 19.1 Å². The molecule has 0 radical (unpaired) electrons. The van der Waals surface area contributed by atoms with Gasteiger partial charge in [0.25, 0.3) is 0 Å². The molecule has 0 amide bonds. The van der Waals surface area contributed by atoms with Crippen molar-refractivity contribution in [1.82, 2.24) is 4.90 Å². The topological polar surface area (TPSA) is 29.3 Å². The van der Waals surface area contributed by atoms with Crippen molar-refractivity contribution in [2.75, 3.05) is 13.1 Å². The summed E-state index contributed by atoms with van der Waals surface area (Å²) in [5.41, 5.74) is 7.16. The fourth-order valence-corrected chi connectivity index (χ4v) is 2.49. The van der Waals surface area contributed by atoms with Gasteiger partial charge in [0.1, 0.15) is 0 Å². The lowest BCUT2D eigenvalue weighted by Gasteiger charge is -2.31. The largest absolute Gasteiger partial charge is 0.329 e. The molecule has 1 atom stereocenters. The normalized spacial score (nSPS) is 17.7. The first-order valence-electron chi connectivity index (χ1n) is 6.37. The van der Waals surface area contributed by atoms with Gasteiger partial charge in [0.15, 0.2) is 0 Å². The molecule has 0 aliphatic heterocycles. The fraction of sp³-hybridized carbons (Fsp3) is 0.571. The third-order valence-electron chi connectivity index (χ3n) is 3.37. The summed E-state index contributed by atoms with van der Waals surface area (Å²) < 4.78 is 0. The molecule has 2 rings (SSSR count). The molecule has 1 aliphatic rings. The molecule has 1 aliphatic carbocycles. The third-order valence-corrected chi connectivity index (χ3v) is 3.37. The fourth-order valence-electron chi connectivity index (χ4n) is 2.49. The van der Waals surface area contributed by atoms with E-state index >= 15 is 0 Å². The quantitative estimate of drug-likeness (QED) is 0.795. The summed E-state index contributed by atoms with van der Waals surface area (Å²) >= 11 is 0. The molecule has 1 aromatic carbocycles. The Balaban J connectivity index is 2.13. The highest BCUT2D eigenvalue weighted by atomic mass is 15.2. The molecular formula is C14H22N2. The van der Waals surface area contributed by atoms with Crippen molar-refractivity contribution in [3.63, 3.8) is 0 Å². The van der Waals surface area contributed by atoms with Crippen molar-refractivity contribution in [2.45, 2.75) is 38.3 Å². The van der Waals surface area contributed by atoms with E-state index in [-0.39, 0.29) is 0 Å². The van der Waals surface area contributed by atoms with Gasteiger partial charge in [-0.3, -0.25) is 4.90 Å². The minimum atomic E-state index is 0.553. The van der Waals surface area contributed by atoms with E-state index in [9.17, 15) is 0 Å². The molecule has 0 bridgehead atoms. The maximum atomic E-state index is 5.72. The first-order valence-corrected chi connectivity index (χ1v) is 6.37. The van der Waals surface area contributed by atoms with E-state index in [2.05, 4.69) is 42.2 Å². The predicted molar refractivity (Wildman–Crippen MR) is 68.3 cm³/mol. The van der Waals surface area contributed by atoms with E-state index in [1.807, 2.05) is 0 Å². The molecule has 16 heavy (non-hydrogen) atoms. The van der Waals surface area contributed by atoms with E-state index < -0.39 is 0 Å². The van der Waals surface area contributed by atoms with E-state index in [4.69, 9.17) is 5.73 Å². The molecule has 0 aromatic heterocycles. The second kappa shape index (κ2) is 5.46. The Labute approximate surface area is 98.4 Å². The van der Waals surface area contributed by atoms with Gasteiger partial charge < -0.3 is 5.73 Å². The van der Waals surface area contributed by atoms with Crippen molar-refractivity contribution < 1.29 is 0 Å². The zero-order chi connectivity index (χ0) is 11.4. The van der Waals surface area contributed by atoms with Gasteiger partial charge in [-0.25, -0.2) is 0 Å². The minimum Gasteiger partial charge on any atom is -0.329 e. The van der Waals surface area contributed by atoms with Crippen LogP contribution in [0.15, 0.2) is 30.3 Å². The number of hydrogen-bond acceptors (Lipinski definition) is 2. The summed E-state index contributed by atoms with van der Waals surface area (Å²) in [4.78, 5) is 2.59. The lowest BCUT2D eigenvalue weighted by atomic mass is 10.0. The SMILES string of the molecule is CC[C@@H](c1ccccc1)N(CCN)C1CC1. The number of benzene rings is 1. The van der Waals surface area contributed by atoms with Gasteiger partial charge in [0.05, 0.1) is 0 Å². The van der Waals surface area contributed by atoms with E-state index in [0.29, 0.717) is 6.04 Å². The van der Waals surface area contributed by atoms with E-state index in [1.54, 1.807) is 0 Å². The van der Waals surface area contributed by atoms with Crippen molar-refractivity contribution in [1.29, 1.82) is 0 Å². The van der Waals surface area contributed by atoms with Crippen LogP contribution in [0, 0.1) is 0 Å². The van der Waals surface area contributed by atoms with Crippen LogP contribution in [0.4, 0.5) is 0 Å². The number of nitrogens with two attached hydrogens (primary N) is 1. The molecule has 2 heteroatoms. The summed E-state index contributed by atoms with van der Waals surface area (Å²) in [6.07, 6.45) is 3.87. The molecule has 1 saturated carbocycles. The van der Waals surface area contributed by atoms with Crippen LogP contribution < -0.4 is 5.73 Å². The van der Waals surface area contributed by atoms with Crippen molar-refractivity contribution in [3.05, 3.63) is 35.9 Å². The summed E-state index contributed by atoms with van der Waals surface area (Å²) in [5, 5.41) is 0. The van der Waals surface area contributed by atoms with Gasteiger partial charge in [-0.1, -0.05) is 37.3 Å². The molecule has 88 valence electrons. The van der Waals surface area contributed by atoms with Crippen LogP contribution in [0.1, 0.15) is 37.8 Å². The highest BCUT2D eigenvalue weighted by Gasteiger charge is 2.33. The minimum absolute atomic E-state index is 0.553. The van der Waals surface area contributed by atoms with Gasteiger partial charge in [0, 0.05) is 25.2 Å². The third kappa shape index (κ3) is 2.63. The molecule has 0 unspecified atom stereocenters. The molecule has 0 heterocycles. The zero-order valence-electron chi connectivity index (χ0n) is 10.1. The highest BCUT2D eigenvalue weighted by molar-refractivity contribution is 5.19. The second-order valence-corrected chi connectivity index (χ2v) is 4.59. The smallest absolute Gasteiger partial charge is 0.0348 e. The van der Waals surface area contributed by atoms with Crippen LogP contribution >= 0.6 is 0 Å². The number of rotatable bonds is 6. The first kappa shape index (κ1) is 11.6. The molecular weight excluding hydrogens is 196 g/mol. The zero-order valence-corrected chi connectivity index (χ0v) is 10.1. The Kier molecular flexibility index (Phi) is 3.97. The molecule has 0 spiro atoms. The second-order valence-electron chi connectivity index (χ2n) is 4.59. The Morgan fingerprint density at radius 2 is 2.00 bits per heavy atom. The van der Waals surface area contributed by atoms with Crippen LogP contribution in [0.3, 0.4) is 0 Å². The molecule has 2 N–H and O–H groups in total. The average molecular weight is 218 g/mol. The molecule has 0 saturated heterocycles. The number of nitrogens with zero attached hydrogens (tertiary/aromatic N) is 1. The maximum Gasteiger partial charge on any atom is 0.0348 e. The highest BCUT2D eigenvalue weighted by Crippen LogP contribution is 2.35. The Morgan fingerprint density at radius 1 is 1.31 bits per heavy atom. The number of hydrogen-bond donors (Lipinski definition) is 1. The van der Waals surface area contributed by atoms with Gasteiger partial charge >= 0.3 is 0 Å². The molecule has 2 nitrogen and oxygen atoms in total. The summed E-state index contributed by atoms with van der Waals surface area (Å²) in [6, 6.07) is 12.2. The summed E-state index contributed by atoms with van der Waals surface area (Å²) in [5.74, 6) is 0. The van der Waals surface area contributed by atoms with Crippen LogP contribution in [0.2, 0.25) is 0 Å². The molecule has 1 fully saturated rings. The van der Waals surface area contributed by atoms with Crippen molar-refractivity contribution in [2.24, 2.45) is 5.73 Å². The lowest BCUT2D eigenvalue weighted by Crippen LogP contribution is -2.35. The Hall–Kier alpha value is -0.860. The van der Waals surface area contributed by atoms with Crippen molar-refractivity contribution in [3.8, 4) is 0 Å². The lowest BCUT2D eigenvalue weighted by molar-refractivity contribution is 0.187. The monoisotopic (exact) mass is 218 g/mol. The predicted octanol–water partition coefficient (Wildman–Crippen LogP) is 2.56. The standard InChI is InChI=1S/C14H22N2/c1-2-14(12-6-4-3-5-7-12)16(11-10-15)13-8-9-13/h3-7,13-14H,2,8-11,15H2,1H3/t14-/m0/s1. The summed E-state index contributed by atoms with van der Waals surface area (Å²) in [6.45, 7) is 4.06. The Morgan fingerprint density at radius 3 is 2.50 bits per heavy atom. The van der Waals surface area contributed by atoms with E-state index in [1.165, 1.54) is 24.8 Å². The van der Waals surface area contributed by atoms with Crippen LogP contribution in [-0.4, -0.2) is 24.0 Å². The van der Waals surface area contributed by atoms with Crippen LogP contribution in [-0.2, 0) is 0 Å². The van der Waals surface area contributed by atoms with Crippen molar-refractivity contribution >= 4 is 0 Å². The van der Waals surface area contributed by atoms with Gasteiger partial charge in [-0.05, 0) is 24.8 Å². The van der Waals surface area contributed by atoms with Gasteiger partial charge in [0.2, 0.25) is 0 Å². The van der Waals surface area contributed by atoms with Crippen LogP contribution in [0.25, 0.3) is 0 Å². The Bertz CT molecular complexity index is 306. The first-order chi connectivity index (χ1) is 7.86. The van der Waals surface area contributed by atoms with Crippen LogP contribution in [0.5, 0.6) is 0 Å². The van der Waals surface area contributed by atoms with Gasteiger partial charge in [-0.2, -0.15) is 0 Å². The average Bonchev–Trinajstić information content (AvgIpc) is 3.14. The van der Waals surface area contributed by atoms with Gasteiger partial charge in [-0.15, -0.1) is 0 Å².